The number of imidazole rings is 4. The molecule has 66 heavy (non-hydrogen) atoms. The van der Waals surface area contributed by atoms with Crippen LogP contribution in [-0.2, 0) is 14.6 Å². The lowest BCUT2D eigenvalue weighted by Gasteiger charge is -2.19. The Labute approximate surface area is 397 Å². The van der Waals surface area contributed by atoms with Crippen molar-refractivity contribution >= 4 is 130 Å². The molecule has 17 nitrogen and oxygen atoms in total. The molecule has 8 aromatic heterocycles. The molecule has 0 saturated carbocycles. The van der Waals surface area contributed by atoms with Gasteiger partial charge in [-0.2, -0.15) is 31.3 Å². The predicted molar refractivity (Wildman–Crippen MR) is 238 cm³/mol. The molecule has 0 spiro atoms. The summed E-state index contributed by atoms with van der Waals surface area (Å²) in [7, 11) is -3.77. The van der Waals surface area contributed by atoms with Gasteiger partial charge in [0.2, 0.25) is 11.8 Å². The third-order valence-electron chi connectivity index (χ3n) is 9.15. The average molecular weight is 1060 g/mol. The largest absolute Gasteiger partial charge is 0.473 e. The van der Waals surface area contributed by atoms with Gasteiger partial charge in [0.05, 0.1) is 28.4 Å². The Morgan fingerprint density at radius 2 is 1.20 bits per heavy atom. The van der Waals surface area contributed by atoms with Gasteiger partial charge < -0.3 is 15.0 Å². The van der Waals surface area contributed by atoms with Crippen LogP contribution in [0.1, 0.15) is 33.0 Å². The number of thioether (sulfide) groups is 2. The van der Waals surface area contributed by atoms with Gasteiger partial charge in [-0.25, -0.2) is 43.3 Å². The number of sulfone groups is 1. The number of nitrogens with one attached hydrogen (secondary N) is 2. The van der Waals surface area contributed by atoms with Crippen LogP contribution in [0.5, 0.6) is 5.88 Å². The van der Waals surface area contributed by atoms with Gasteiger partial charge in [-0.1, -0.05) is 46.4 Å². The third-order valence-corrected chi connectivity index (χ3v) is 12.3. The first-order valence-corrected chi connectivity index (χ1v) is 24.2. The van der Waals surface area contributed by atoms with Crippen LogP contribution < -0.4 is 10.1 Å². The van der Waals surface area contributed by atoms with Crippen LogP contribution in [0.3, 0.4) is 0 Å². The molecule has 0 aromatic carbocycles. The number of nitrogens with zero attached hydrogens (tertiary/aromatic N) is 11. The Morgan fingerprint density at radius 3 is 1.73 bits per heavy atom. The van der Waals surface area contributed by atoms with Crippen molar-refractivity contribution in [2.45, 2.75) is 54.2 Å². The number of pyridine rings is 4. The van der Waals surface area contributed by atoms with Crippen molar-refractivity contribution in [1.82, 2.24) is 63.9 Å². The second-order valence-corrected chi connectivity index (χ2v) is 18.5. The first-order valence-electron chi connectivity index (χ1n) is 18.3. The standard InChI is InChI=1S/C13H13ClF2N4O2.C8H6ClF2N3O2S.C8H6ClF2N3S.C7H6ClN3S/c1-6(7-2-10(21)17-4-7)22-12-11-8(3-9(14)19-12)18-5-20(11)13(15)16;1-17(15,16)7-6-4(2-5(9)13-7)12-3-14(6)8(10)11;1-15-7-6-4(2-5(9)13-7)12-3-14(6)8(10)11;1-12-7-6-4(9-3-10-6)2-5(8)11-7/h3,5-7,13H,2,4H2,1H3,(H,17,21);2-3,8H,1H3;2-3,8H,1H3;2-3H,1H3,(H,9,10)/t6-,7-;;;/m1.../s1. The summed E-state index contributed by atoms with van der Waals surface area (Å²) in [5.41, 5.74) is 2.75. The number of aromatic nitrogens is 12. The molecule has 0 bridgehead atoms. The van der Waals surface area contributed by atoms with E-state index in [-0.39, 0.29) is 61.3 Å². The molecule has 352 valence electrons. The number of carbonyl (C=O) groups excluding carboxylic acids is 1. The summed E-state index contributed by atoms with van der Waals surface area (Å²) in [6, 6.07) is 5.86. The van der Waals surface area contributed by atoms with Crippen molar-refractivity contribution in [3.8, 4) is 5.88 Å². The summed E-state index contributed by atoms with van der Waals surface area (Å²) in [5.74, 6) is -0.110. The lowest BCUT2D eigenvalue weighted by molar-refractivity contribution is -0.119. The van der Waals surface area contributed by atoms with E-state index >= 15 is 0 Å². The minimum Gasteiger partial charge on any atom is -0.473 e. The third kappa shape index (κ3) is 11.6. The van der Waals surface area contributed by atoms with Crippen LogP contribution in [0.2, 0.25) is 20.6 Å². The summed E-state index contributed by atoms with van der Waals surface area (Å²) < 4.78 is 107. The molecule has 0 unspecified atom stereocenters. The lowest BCUT2D eigenvalue weighted by Crippen LogP contribution is -2.26. The van der Waals surface area contributed by atoms with E-state index < -0.39 is 34.5 Å². The van der Waals surface area contributed by atoms with Crippen molar-refractivity contribution in [3.05, 3.63) is 70.2 Å². The number of aromatic amines is 1. The normalized spacial score (nSPS) is 14.4. The molecule has 0 aliphatic carbocycles. The van der Waals surface area contributed by atoms with Crippen molar-refractivity contribution < 1.29 is 44.3 Å². The van der Waals surface area contributed by atoms with Crippen LogP contribution in [0.15, 0.2) is 64.7 Å². The van der Waals surface area contributed by atoms with E-state index in [4.69, 9.17) is 51.1 Å². The van der Waals surface area contributed by atoms with Crippen LogP contribution in [0, 0.1) is 5.92 Å². The number of ether oxygens (including phenoxy) is 1. The van der Waals surface area contributed by atoms with E-state index in [1.54, 1.807) is 25.6 Å². The fourth-order valence-electron chi connectivity index (χ4n) is 6.18. The molecule has 1 saturated heterocycles. The monoisotopic (exact) mass is 1060 g/mol. The van der Waals surface area contributed by atoms with E-state index in [9.17, 15) is 39.6 Å². The average Bonchev–Trinajstić information content (AvgIpc) is 4.10. The molecular formula is C36H31Cl4F6N13O4S3. The predicted octanol–water partition coefficient (Wildman–Crippen LogP) is 9.80. The highest BCUT2D eigenvalue weighted by Crippen LogP contribution is 2.33. The number of halogens is 10. The van der Waals surface area contributed by atoms with Gasteiger partial charge in [-0.15, -0.1) is 23.5 Å². The van der Waals surface area contributed by atoms with Crippen LogP contribution in [-0.4, -0.2) is 104 Å². The van der Waals surface area contributed by atoms with Crippen LogP contribution in [0.4, 0.5) is 26.3 Å². The van der Waals surface area contributed by atoms with Gasteiger partial charge in [-0.3, -0.25) is 18.5 Å². The topological polar surface area (TPSA) is 206 Å². The molecule has 2 atom stereocenters. The number of rotatable bonds is 9. The summed E-state index contributed by atoms with van der Waals surface area (Å²) >= 11 is 25.8. The van der Waals surface area contributed by atoms with Crippen molar-refractivity contribution in [3.63, 3.8) is 0 Å². The first kappa shape index (κ1) is 50.6. The molecule has 0 radical (unpaired) electrons. The second-order valence-electron chi connectivity index (χ2n) is 13.5. The van der Waals surface area contributed by atoms with Gasteiger partial charge in [0.15, 0.2) is 14.9 Å². The zero-order valence-corrected chi connectivity index (χ0v) is 39.4. The summed E-state index contributed by atoms with van der Waals surface area (Å²) in [6.45, 7) is -6.03. The molecule has 1 aliphatic heterocycles. The highest BCUT2D eigenvalue weighted by molar-refractivity contribution is 7.99. The Kier molecular flexibility index (Phi) is 16.4. The minimum atomic E-state index is -3.77. The Morgan fingerprint density at radius 1 is 0.712 bits per heavy atom. The Balaban J connectivity index is 0.000000149. The molecule has 9 heterocycles. The molecule has 1 amide bonds. The van der Waals surface area contributed by atoms with Gasteiger partial charge >= 0.3 is 19.6 Å². The Hall–Kier alpha value is -4.86. The van der Waals surface area contributed by atoms with Crippen molar-refractivity contribution in [2.24, 2.45) is 5.92 Å². The van der Waals surface area contributed by atoms with Gasteiger partial charge in [0.25, 0.3) is 0 Å². The van der Waals surface area contributed by atoms with E-state index in [2.05, 4.69) is 50.2 Å². The zero-order chi connectivity index (χ0) is 48.2. The van der Waals surface area contributed by atoms with Crippen LogP contribution >= 0.6 is 69.9 Å². The summed E-state index contributed by atoms with van der Waals surface area (Å²) in [6.07, 6.45) is 9.12. The SMILES string of the molecule is CS(=O)(=O)c1nc(Cl)cc2ncn(C(F)F)c12.CSc1nc(Cl)cc2[nH]cnc12.CSc1nc(Cl)cc2ncn(C(F)F)c12.C[C@@H](Oc1nc(Cl)cc2ncn(C(F)F)c12)[C@H]1CNC(=O)C1. The number of fused-ring (bicyclic) bond motifs is 4. The maximum absolute atomic E-state index is 13.1. The summed E-state index contributed by atoms with van der Waals surface area (Å²) in [4.78, 5) is 45.5. The molecule has 9 rings (SSSR count). The highest BCUT2D eigenvalue weighted by atomic mass is 35.5. The van der Waals surface area contributed by atoms with E-state index in [0.717, 1.165) is 45.9 Å². The quantitative estimate of drug-likeness (QED) is 0.0784. The van der Waals surface area contributed by atoms with Gasteiger partial charge in [-0.05, 0) is 19.4 Å². The van der Waals surface area contributed by atoms with E-state index in [1.165, 1.54) is 41.7 Å². The number of hydrogen-bond donors (Lipinski definition) is 2. The van der Waals surface area contributed by atoms with E-state index in [0.29, 0.717) is 43.3 Å². The number of hydrogen-bond acceptors (Lipinski definition) is 14. The maximum atomic E-state index is 13.1. The smallest absolute Gasteiger partial charge is 0.320 e. The van der Waals surface area contributed by atoms with Crippen LogP contribution in [0.25, 0.3) is 44.1 Å². The van der Waals surface area contributed by atoms with Gasteiger partial charge in [0.1, 0.15) is 77.8 Å². The molecule has 1 aliphatic rings. The minimum absolute atomic E-state index is 0.00727. The molecule has 1 fully saturated rings. The van der Waals surface area contributed by atoms with Crippen molar-refractivity contribution in [1.29, 1.82) is 0 Å². The first-order chi connectivity index (χ1) is 31.2. The fourth-order valence-corrected chi connectivity index (χ4v) is 9.04. The number of alkyl halides is 6. The molecule has 8 aromatic rings. The molecular weight excluding hydrogens is 1030 g/mol. The van der Waals surface area contributed by atoms with Gasteiger partial charge in [0, 0.05) is 49.4 Å². The lowest BCUT2D eigenvalue weighted by atomic mass is 10.0. The second kappa shape index (κ2) is 21.4. The highest BCUT2D eigenvalue weighted by Gasteiger charge is 2.30. The number of H-pyrrole nitrogens is 1. The Bertz CT molecular complexity index is 3140. The van der Waals surface area contributed by atoms with Crippen molar-refractivity contribution in [2.75, 3.05) is 25.3 Å². The maximum Gasteiger partial charge on any atom is 0.320 e. The fraction of sp³-hybridized carbons (Fsp3) is 0.306. The number of carbonyl (C=O) groups is 1. The molecule has 30 heteroatoms. The van der Waals surface area contributed by atoms with E-state index in [1.807, 2.05) is 6.26 Å². The number of amides is 1. The zero-order valence-electron chi connectivity index (χ0n) is 34.0. The summed E-state index contributed by atoms with van der Waals surface area (Å²) in [5, 5.41) is 4.26. The molecule has 2 N–H and O–H groups in total.